The molecule has 0 aliphatic carbocycles. The van der Waals surface area contributed by atoms with Crippen molar-refractivity contribution in [2.24, 2.45) is 0 Å². The molecule has 3 rings (SSSR count). The second kappa shape index (κ2) is 7.43. The first-order valence-corrected chi connectivity index (χ1v) is 10.1. The highest BCUT2D eigenvalue weighted by Crippen LogP contribution is 2.36. The molecule has 3 aromatic rings. The Hall–Kier alpha value is -1.75. The van der Waals surface area contributed by atoms with Crippen LogP contribution in [-0.2, 0) is 5.60 Å². The Bertz CT molecular complexity index is 739. The highest BCUT2D eigenvalue weighted by Gasteiger charge is 2.35. The molecule has 0 aliphatic heterocycles. The molecular formula is C20H19NOS2. The first-order valence-electron chi connectivity index (χ1n) is 7.61. The van der Waals surface area contributed by atoms with Crippen LogP contribution in [0.5, 0.6) is 0 Å². The topological polar surface area (TPSA) is 33.1 Å². The Balaban J connectivity index is 2.16. The Morgan fingerprint density at radius 3 is 1.62 bits per heavy atom. The van der Waals surface area contributed by atoms with Crippen molar-refractivity contribution in [2.75, 3.05) is 12.5 Å². The van der Waals surface area contributed by atoms with Gasteiger partial charge in [-0.2, -0.15) is 0 Å². The summed E-state index contributed by atoms with van der Waals surface area (Å²) in [7, 11) is 0. The van der Waals surface area contributed by atoms with Gasteiger partial charge in [0.05, 0.1) is 5.69 Å². The summed E-state index contributed by atoms with van der Waals surface area (Å²) in [6, 6.07) is 21.7. The van der Waals surface area contributed by atoms with E-state index in [-0.39, 0.29) is 0 Å². The lowest BCUT2D eigenvalue weighted by atomic mass is 9.83. The van der Waals surface area contributed by atoms with Gasteiger partial charge in [-0.15, -0.1) is 23.5 Å². The van der Waals surface area contributed by atoms with E-state index in [2.05, 4.69) is 4.98 Å². The third-order valence-corrected chi connectivity index (χ3v) is 5.54. The van der Waals surface area contributed by atoms with Crippen LogP contribution in [0.15, 0.2) is 82.7 Å². The predicted molar refractivity (Wildman–Crippen MR) is 103 cm³/mol. The molecule has 0 amide bonds. The SMILES string of the molecule is CSc1ccc(C(O)(c2ccc(SC)cc2)c2ccccn2)cc1. The minimum Gasteiger partial charge on any atom is -0.374 e. The van der Waals surface area contributed by atoms with Crippen molar-refractivity contribution in [3.8, 4) is 0 Å². The van der Waals surface area contributed by atoms with E-state index in [9.17, 15) is 5.11 Å². The van der Waals surface area contributed by atoms with Gasteiger partial charge in [-0.1, -0.05) is 30.3 Å². The van der Waals surface area contributed by atoms with E-state index >= 15 is 0 Å². The number of rotatable bonds is 5. The van der Waals surface area contributed by atoms with Crippen molar-refractivity contribution in [2.45, 2.75) is 15.4 Å². The number of thioether (sulfide) groups is 2. The van der Waals surface area contributed by atoms with Gasteiger partial charge in [0.1, 0.15) is 0 Å². The van der Waals surface area contributed by atoms with Gasteiger partial charge >= 0.3 is 0 Å². The molecular weight excluding hydrogens is 334 g/mol. The lowest BCUT2D eigenvalue weighted by Gasteiger charge is -2.29. The third kappa shape index (κ3) is 3.22. The smallest absolute Gasteiger partial charge is 0.157 e. The number of hydrogen-bond acceptors (Lipinski definition) is 4. The molecule has 0 fully saturated rings. The van der Waals surface area contributed by atoms with Crippen molar-refractivity contribution in [1.82, 2.24) is 4.98 Å². The van der Waals surface area contributed by atoms with Gasteiger partial charge < -0.3 is 5.11 Å². The number of aromatic nitrogens is 1. The molecule has 2 nitrogen and oxygen atoms in total. The Labute approximate surface area is 151 Å². The monoisotopic (exact) mass is 353 g/mol. The molecule has 122 valence electrons. The zero-order chi connectivity index (χ0) is 17.0. The van der Waals surface area contributed by atoms with E-state index in [0.717, 1.165) is 11.1 Å². The largest absolute Gasteiger partial charge is 0.374 e. The molecule has 2 aromatic carbocycles. The second-order valence-electron chi connectivity index (χ2n) is 5.38. The quantitative estimate of drug-likeness (QED) is 0.667. The average molecular weight is 354 g/mol. The van der Waals surface area contributed by atoms with Gasteiger partial charge in [0.15, 0.2) is 5.60 Å². The number of hydrogen-bond donors (Lipinski definition) is 1. The molecule has 0 bridgehead atoms. The van der Waals surface area contributed by atoms with Crippen LogP contribution in [0.3, 0.4) is 0 Å². The molecule has 24 heavy (non-hydrogen) atoms. The van der Waals surface area contributed by atoms with E-state index in [1.165, 1.54) is 9.79 Å². The molecule has 0 aliphatic rings. The first kappa shape index (κ1) is 17.1. The van der Waals surface area contributed by atoms with E-state index in [1.54, 1.807) is 29.7 Å². The molecule has 0 saturated heterocycles. The van der Waals surface area contributed by atoms with E-state index in [1.807, 2.05) is 79.2 Å². The lowest BCUT2D eigenvalue weighted by molar-refractivity contribution is 0.120. The van der Waals surface area contributed by atoms with Gasteiger partial charge in [0.2, 0.25) is 0 Å². The Morgan fingerprint density at radius 2 is 1.25 bits per heavy atom. The van der Waals surface area contributed by atoms with E-state index in [0.29, 0.717) is 5.69 Å². The molecule has 1 heterocycles. The van der Waals surface area contributed by atoms with Crippen LogP contribution >= 0.6 is 23.5 Å². The summed E-state index contributed by atoms with van der Waals surface area (Å²) in [6.07, 6.45) is 5.80. The summed E-state index contributed by atoms with van der Waals surface area (Å²) < 4.78 is 0. The van der Waals surface area contributed by atoms with Crippen molar-refractivity contribution in [3.63, 3.8) is 0 Å². The van der Waals surface area contributed by atoms with Gasteiger partial charge in [-0.05, 0) is 60.0 Å². The standard InChI is InChI=1S/C20H19NOS2/c1-23-17-10-6-15(7-11-17)20(22,19-5-3-4-14-21-19)16-8-12-18(24-2)13-9-16/h3-14,22H,1-2H3. The van der Waals surface area contributed by atoms with Gasteiger partial charge in [0.25, 0.3) is 0 Å². The van der Waals surface area contributed by atoms with Crippen molar-refractivity contribution < 1.29 is 5.11 Å². The molecule has 4 heteroatoms. The maximum Gasteiger partial charge on any atom is 0.157 e. The fourth-order valence-electron chi connectivity index (χ4n) is 2.70. The molecule has 0 radical (unpaired) electrons. The average Bonchev–Trinajstić information content (AvgIpc) is 2.68. The fourth-order valence-corrected chi connectivity index (χ4v) is 3.52. The maximum atomic E-state index is 11.7. The highest BCUT2D eigenvalue weighted by molar-refractivity contribution is 7.98. The Morgan fingerprint density at radius 1 is 0.750 bits per heavy atom. The first-order chi connectivity index (χ1) is 11.7. The van der Waals surface area contributed by atoms with Crippen molar-refractivity contribution in [3.05, 3.63) is 89.7 Å². The van der Waals surface area contributed by atoms with Gasteiger partial charge in [0, 0.05) is 16.0 Å². The molecule has 0 unspecified atom stereocenters. The van der Waals surface area contributed by atoms with Crippen molar-refractivity contribution in [1.29, 1.82) is 0 Å². The summed E-state index contributed by atoms with van der Waals surface area (Å²) in [5.41, 5.74) is 0.986. The molecule has 0 atom stereocenters. The van der Waals surface area contributed by atoms with Crippen LogP contribution in [0.4, 0.5) is 0 Å². The van der Waals surface area contributed by atoms with Gasteiger partial charge in [-0.25, -0.2) is 0 Å². The number of nitrogens with zero attached hydrogens (tertiary/aromatic N) is 1. The number of benzene rings is 2. The minimum atomic E-state index is -1.27. The Kier molecular flexibility index (Phi) is 5.29. The number of pyridine rings is 1. The van der Waals surface area contributed by atoms with Crippen LogP contribution in [0.1, 0.15) is 16.8 Å². The second-order valence-corrected chi connectivity index (χ2v) is 7.14. The summed E-state index contributed by atoms with van der Waals surface area (Å²) in [4.78, 5) is 6.76. The number of aliphatic hydroxyl groups is 1. The predicted octanol–water partition coefficient (Wildman–Crippen LogP) is 4.81. The molecule has 0 saturated carbocycles. The zero-order valence-electron chi connectivity index (χ0n) is 13.6. The van der Waals surface area contributed by atoms with Crippen LogP contribution in [-0.4, -0.2) is 22.6 Å². The van der Waals surface area contributed by atoms with Crippen molar-refractivity contribution >= 4 is 23.5 Å². The highest BCUT2D eigenvalue weighted by atomic mass is 32.2. The van der Waals surface area contributed by atoms with E-state index in [4.69, 9.17) is 0 Å². The lowest BCUT2D eigenvalue weighted by Crippen LogP contribution is -2.29. The summed E-state index contributed by atoms with van der Waals surface area (Å²) >= 11 is 3.37. The normalized spacial score (nSPS) is 11.5. The van der Waals surface area contributed by atoms with Crippen LogP contribution in [0.25, 0.3) is 0 Å². The van der Waals surface area contributed by atoms with Crippen LogP contribution in [0.2, 0.25) is 0 Å². The molecule has 1 N–H and O–H groups in total. The van der Waals surface area contributed by atoms with E-state index < -0.39 is 5.60 Å². The minimum absolute atomic E-state index is 0.624. The summed E-state index contributed by atoms with van der Waals surface area (Å²) in [5.74, 6) is 0. The summed E-state index contributed by atoms with van der Waals surface area (Å²) in [6.45, 7) is 0. The summed E-state index contributed by atoms with van der Waals surface area (Å²) in [5, 5.41) is 11.7. The fraction of sp³-hybridized carbons (Fsp3) is 0.150. The van der Waals surface area contributed by atoms with Gasteiger partial charge in [-0.3, -0.25) is 4.98 Å². The molecule has 1 aromatic heterocycles. The third-order valence-electron chi connectivity index (χ3n) is 4.05. The molecule has 0 spiro atoms. The van der Waals surface area contributed by atoms with Crippen LogP contribution in [0, 0.1) is 0 Å². The maximum absolute atomic E-state index is 11.7. The zero-order valence-corrected chi connectivity index (χ0v) is 15.3. The van der Waals surface area contributed by atoms with Crippen LogP contribution < -0.4 is 0 Å².